The lowest BCUT2D eigenvalue weighted by Gasteiger charge is -2.25. The molecule has 1 unspecified atom stereocenters. The highest BCUT2D eigenvalue weighted by molar-refractivity contribution is 6.13. The lowest BCUT2D eigenvalue weighted by molar-refractivity contribution is -0.119. The fourth-order valence-electron chi connectivity index (χ4n) is 4.22. The Morgan fingerprint density at radius 3 is 2.46 bits per heavy atom. The molecular weight excluding hydrogens is 468 g/mol. The summed E-state index contributed by atoms with van der Waals surface area (Å²) in [5, 5.41) is 8.24. The minimum atomic E-state index is -0.794. The quantitative estimate of drug-likeness (QED) is 0.265. The van der Waals surface area contributed by atoms with E-state index < -0.39 is 17.7 Å². The Morgan fingerprint density at radius 1 is 1.11 bits per heavy atom. The molecule has 2 amide bonds. The number of ether oxygens (including phenoxy) is 1. The molecule has 1 aliphatic heterocycles. The average Bonchev–Trinajstić information content (AvgIpc) is 2.81. The van der Waals surface area contributed by atoms with Crippen molar-refractivity contribution >= 4 is 39.6 Å². The maximum Gasteiger partial charge on any atom is 0.408 e. The highest BCUT2D eigenvalue weighted by Crippen LogP contribution is 2.34. The highest BCUT2D eigenvalue weighted by atomic mass is 16.6. The van der Waals surface area contributed by atoms with Gasteiger partial charge in [-0.15, -0.1) is 0 Å². The van der Waals surface area contributed by atoms with Crippen LogP contribution >= 0.6 is 0 Å². The summed E-state index contributed by atoms with van der Waals surface area (Å²) in [6.45, 7) is 13.7. The van der Waals surface area contributed by atoms with Gasteiger partial charge in [-0.2, -0.15) is 0 Å². The standard InChI is InChI=1S/C29H34N4O4/c1-8-30-20-14-23-22(13-17(20)4)31-26-19-12-10-9-11-18(19)21(15-24(26)36-23)32-27(34)25(16(2)3)33-28(35)37-29(5,6)7/h9-16,25H,8H2,1-7H3,(H,32,34)(H,33,35). The van der Waals surface area contributed by atoms with Crippen molar-refractivity contribution in [2.45, 2.75) is 60.1 Å². The van der Waals surface area contributed by atoms with Gasteiger partial charge in [0.25, 0.3) is 0 Å². The second-order valence-corrected chi connectivity index (χ2v) is 10.5. The number of anilines is 1. The Balaban J connectivity index is 1.78. The smallest absolute Gasteiger partial charge is 0.408 e. The average molecular weight is 503 g/mol. The van der Waals surface area contributed by atoms with Gasteiger partial charge in [0.1, 0.15) is 22.9 Å². The Hall–Kier alpha value is -3.94. The van der Waals surface area contributed by atoms with Crippen LogP contribution in [0, 0.1) is 12.8 Å². The van der Waals surface area contributed by atoms with E-state index in [0.717, 1.165) is 27.4 Å². The molecule has 0 radical (unpaired) electrons. The van der Waals surface area contributed by atoms with Gasteiger partial charge in [-0.3, -0.25) is 9.79 Å². The number of hydrogen-bond donors (Lipinski definition) is 2. The van der Waals surface area contributed by atoms with Crippen LogP contribution in [0.15, 0.2) is 51.9 Å². The molecule has 8 heteroatoms. The van der Waals surface area contributed by atoms with Crippen LogP contribution < -0.4 is 16.0 Å². The van der Waals surface area contributed by atoms with Crippen molar-refractivity contribution in [1.29, 1.82) is 0 Å². The van der Waals surface area contributed by atoms with Crippen molar-refractivity contribution in [3.8, 4) is 11.5 Å². The fourth-order valence-corrected chi connectivity index (χ4v) is 4.22. The number of carbonyl (C=O) groups excluding carboxylic acids is 2. The van der Waals surface area contributed by atoms with E-state index in [9.17, 15) is 9.59 Å². The summed E-state index contributed by atoms with van der Waals surface area (Å²) in [6, 6.07) is 12.6. The van der Waals surface area contributed by atoms with Gasteiger partial charge in [-0.1, -0.05) is 38.1 Å². The molecule has 1 heterocycles. The molecule has 0 spiro atoms. The molecule has 0 fully saturated rings. The Bertz CT molecular complexity index is 1510. The highest BCUT2D eigenvalue weighted by Gasteiger charge is 2.28. The fraction of sp³-hybridized carbons (Fsp3) is 0.379. The van der Waals surface area contributed by atoms with Gasteiger partial charge >= 0.3 is 6.09 Å². The van der Waals surface area contributed by atoms with Crippen LogP contribution in [0.3, 0.4) is 0 Å². The minimum Gasteiger partial charge on any atom is -0.453 e. The summed E-state index contributed by atoms with van der Waals surface area (Å²) in [5.41, 5.74) is 2.91. The van der Waals surface area contributed by atoms with Gasteiger partial charge in [0.05, 0.1) is 11.0 Å². The van der Waals surface area contributed by atoms with E-state index in [2.05, 4.69) is 15.6 Å². The van der Waals surface area contributed by atoms with Crippen molar-refractivity contribution in [1.82, 2.24) is 10.3 Å². The van der Waals surface area contributed by atoms with Crippen molar-refractivity contribution in [3.63, 3.8) is 0 Å². The number of benzene rings is 3. The number of aryl methyl sites for hydroxylation is 1. The molecule has 194 valence electrons. The summed E-state index contributed by atoms with van der Waals surface area (Å²) >= 11 is 0. The molecule has 1 atom stereocenters. The maximum absolute atomic E-state index is 13.4. The Kier molecular flexibility index (Phi) is 7.21. The molecule has 0 aromatic heterocycles. The molecule has 8 nitrogen and oxygen atoms in total. The first-order valence-corrected chi connectivity index (χ1v) is 12.5. The lowest BCUT2D eigenvalue weighted by Crippen LogP contribution is -2.48. The number of alkyl carbamates (subject to hydrolysis) is 1. The molecule has 37 heavy (non-hydrogen) atoms. The van der Waals surface area contributed by atoms with Crippen molar-refractivity contribution in [3.05, 3.63) is 53.4 Å². The number of hydrogen-bond acceptors (Lipinski definition) is 6. The van der Waals surface area contributed by atoms with Gasteiger partial charge in [0.2, 0.25) is 5.91 Å². The first-order valence-electron chi connectivity index (χ1n) is 12.5. The Labute approximate surface area is 216 Å². The minimum absolute atomic E-state index is 0.168. The van der Waals surface area contributed by atoms with E-state index >= 15 is 0 Å². The van der Waals surface area contributed by atoms with Crippen molar-refractivity contribution in [2.75, 3.05) is 11.9 Å². The molecular formula is C29H34N4O4. The third kappa shape index (κ3) is 5.74. The lowest BCUT2D eigenvalue weighted by atomic mass is 10.0. The maximum atomic E-state index is 13.4. The summed E-state index contributed by atoms with van der Waals surface area (Å²) in [4.78, 5) is 35.2. The molecule has 0 bridgehead atoms. The van der Waals surface area contributed by atoms with Crippen LogP contribution in [0.25, 0.3) is 33.3 Å². The zero-order valence-electron chi connectivity index (χ0n) is 22.4. The van der Waals surface area contributed by atoms with E-state index in [0.29, 0.717) is 29.1 Å². The number of nitrogens with one attached hydrogen (secondary N) is 2. The number of fused-ring (bicyclic) bond motifs is 4. The van der Waals surface area contributed by atoms with Gasteiger partial charge in [-0.25, -0.2) is 9.78 Å². The molecule has 2 N–H and O–H groups in total. The number of rotatable bonds is 5. The van der Waals surface area contributed by atoms with Crippen molar-refractivity contribution < 1.29 is 18.7 Å². The van der Waals surface area contributed by atoms with Crippen LogP contribution in [0.2, 0.25) is 0 Å². The predicted molar refractivity (Wildman–Crippen MR) is 146 cm³/mol. The number of aromatic nitrogens is 1. The first kappa shape index (κ1) is 26.1. The van der Waals surface area contributed by atoms with Crippen LogP contribution in [-0.2, 0) is 9.53 Å². The largest absolute Gasteiger partial charge is 0.453 e. The van der Waals surface area contributed by atoms with Gasteiger partial charge < -0.3 is 19.8 Å². The van der Waals surface area contributed by atoms with Crippen LogP contribution in [0.4, 0.5) is 10.5 Å². The van der Waals surface area contributed by atoms with Crippen LogP contribution in [0.5, 0.6) is 0 Å². The topological polar surface area (TPSA) is 106 Å². The first-order chi connectivity index (χ1) is 17.5. The van der Waals surface area contributed by atoms with Gasteiger partial charge in [0.15, 0.2) is 11.3 Å². The third-order valence-corrected chi connectivity index (χ3v) is 5.92. The van der Waals surface area contributed by atoms with E-state index in [1.165, 1.54) is 0 Å². The van der Waals surface area contributed by atoms with Gasteiger partial charge in [-0.05, 0) is 52.2 Å². The zero-order valence-corrected chi connectivity index (χ0v) is 22.4. The molecule has 2 aromatic carbocycles. The summed E-state index contributed by atoms with van der Waals surface area (Å²) < 4.78 is 11.6. The number of amides is 2. The zero-order chi connectivity index (χ0) is 26.9. The van der Waals surface area contributed by atoms with E-state index in [-0.39, 0.29) is 11.8 Å². The second kappa shape index (κ2) is 10.2. The summed E-state index contributed by atoms with van der Waals surface area (Å²) in [6.07, 6.45) is -0.640. The SMILES string of the molecule is CCN=c1cc2oc3cc(NC(=O)C(NC(=O)OC(C)(C)C)C(C)C)c4ccccc4c3nc-2cc1C. The van der Waals surface area contributed by atoms with E-state index in [1.54, 1.807) is 26.8 Å². The molecule has 2 aliphatic rings. The molecule has 2 aromatic rings. The molecule has 1 aliphatic carbocycles. The number of nitrogens with zero attached hydrogens (tertiary/aromatic N) is 2. The molecule has 0 saturated carbocycles. The van der Waals surface area contributed by atoms with Gasteiger partial charge in [0, 0.05) is 29.4 Å². The normalized spacial score (nSPS) is 13.4. The monoisotopic (exact) mass is 502 g/mol. The second-order valence-electron chi connectivity index (χ2n) is 10.5. The predicted octanol–water partition coefficient (Wildman–Crippen LogP) is 5.80. The van der Waals surface area contributed by atoms with Crippen LogP contribution in [0.1, 0.15) is 47.1 Å². The number of carbonyl (C=O) groups is 2. The molecule has 4 rings (SSSR count). The third-order valence-electron chi connectivity index (χ3n) is 5.92. The summed E-state index contributed by atoms with van der Waals surface area (Å²) in [5.74, 6) is 0.0989. The Morgan fingerprint density at radius 2 is 1.81 bits per heavy atom. The van der Waals surface area contributed by atoms with Crippen molar-refractivity contribution in [2.24, 2.45) is 10.9 Å². The summed E-state index contributed by atoms with van der Waals surface area (Å²) in [7, 11) is 0. The molecule has 0 saturated heterocycles. The van der Waals surface area contributed by atoms with E-state index in [4.69, 9.17) is 14.1 Å². The van der Waals surface area contributed by atoms with E-state index in [1.807, 2.05) is 64.1 Å². The van der Waals surface area contributed by atoms with Crippen LogP contribution in [-0.4, -0.2) is 35.2 Å².